The van der Waals surface area contributed by atoms with Crippen molar-refractivity contribution in [2.24, 2.45) is 0 Å². The second-order valence-corrected chi connectivity index (χ2v) is 4.56. The Labute approximate surface area is 119 Å². The Balaban J connectivity index is 2.03. The van der Waals surface area contributed by atoms with Crippen LogP contribution in [0.2, 0.25) is 0 Å². The van der Waals surface area contributed by atoms with Crippen LogP contribution in [0.15, 0.2) is 30.6 Å². The van der Waals surface area contributed by atoms with Gasteiger partial charge in [-0.05, 0) is 19.1 Å². The van der Waals surface area contributed by atoms with Crippen LogP contribution < -0.4 is 5.32 Å². The number of hydrogen-bond acceptors (Lipinski definition) is 4. The molecule has 3 rings (SSSR count). The van der Waals surface area contributed by atoms with Gasteiger partial charge in [0.2, 0.25) is 0 Å². The summed E-state index contributed by atoms with van der Waals surface area (Å²) >= 11 is 0. The standard InChI is InChI=1S/C14H13F2N5/c1-8-20-11(6-13(21-8)19-7-12(15)16)9-2-4-17-14-10(9)3-5-18-14/h2-6,12H,7H2,1H3,(H,17,18)(H,19,20,21). The van der Waals surface area contributed by atoms with Crippen molar-refractivity contribution in [2.45, 2.75) is 13.3 Å². The minimum atomic E-state index is -2.43. The fourth-order valence-electron chi connectivity index (χ4n) is 2.16. The van der Waals surface area contributed by atoms with Crippen LogP contribution in [0.25, 0.3) is 22.3 Å². The van der Waals surface area contributed by atoms with Crippen molar-refractivity contribution < 1.29 is 8.78 Å². The average molecular weight is 289 g/mol. The highest BCUT2D eigenvalue weighted by Crippen LogP contribution is 2.26. The number of aryl methyl sites for hydroxylation is 1. The number of alkyl halides is 2. The highest BCUT2D eigenvalue weighted by Gasteiger charge is 2.10. The Morgan fingerprint density at radius 3 is 2.95 bits per heavy atom. The van der Waals surface area contributed by atoms with Gasteiger partial charge >= 0.3 is 0 Å². The largest absolute Gasteiger partial charge is 0.364 e. The summed E-state index contributed by atoms with van der Waals surface area (Å²) in [5.74, 6) is 0.906. The number of H-pyrrole nitrogens is 1. The predicted molar refractivity (Wildman–Crippen MR) is 76.4 cm³/mol. The Morgan fingerprint density at radius 1 is 1.29 bits per heavy atom. The van der Waals surface area contributed by atoms with E-state index in [-0.39, 0.29) is 0 Å². The topological polar surface area (TPSA) is 66.5 Å². The quantitative estimate of drug-likeness (QED) is 0.775. The van der Waals surface area contributed by atoms with Crippen LogP contribution in [-0.4, -0.2) is 32.9 Å². The van der Waals surface area contributed by atoms with Crippen molar-refractivity contribution in [3.05, 3.63) is 36.4 Å². The lowest BCUT2D eigenvalue weighted by Crippen LogP contribution is -2.12. The molecule has 7 heteroatoms. The highest BCUT2D eigenvalue weighted by molar-refractivity contribution is 5.92. The molecule has 0 aliphatic heterocycles. The molecule has 0 amide bonds. The van der Waals surface area contributed by atoms with Gasteiger partial charge < -0.3 is 10.3 Å². The smallest absolute Gasteiger partial charge is 0.255 e. The number of rotatable bonds is 4. The molecule has 0 radical (unpaired) electrons. The third-order valence-corrected chi connectivity index (χ3v) is 3.01. The van der Waals surface area contributed by atoms with Gasteiger partial charge in [-0.15, -0.1) is 0 Å². The fourth-order valence-corrected chi connectivity index (χ4v) is 2.16. The summed E-state index contributed by atoms with van der Waals surface area (Å²) in [7, 11) is 0. The maximum absolute atomic E-state index is 12.3. The van der Waals surface area contributed by atoms with E-state index >= 15 is 0 Å². The number of halogens is 2. The molecule has 108 valence electrons. The molecule has 0 unspecified atom stereocenters. The molecule has 0 aliphatic carbocycles. The van der Waals surface area contributed by atoms with Gasteiger partial charge in [-0.3, -0.25) is 0 Å². The lowest BCUT2D eigenvalue weighted by molar-refractivity contribution is 0.163. The van der Waals surface area contributed by atoms with Crippen molar-refractivity contribution in [3.63, 3.8) is 0 Å². The Bertz CT molecular complexity index is 769. The van der Waals surface area contributed by atoms with Gasteiger partial charge in [-0.2, -0.15) is 0 Å². The highest BCUT2D eigenvalue weighted by atomic mass is 19.3. The number of anilines is 1. The molecule has 0 aliphatic rings. The number of aromatic amines is 1. The third kappa shape index (κ3) is 2.81. The molecule has 3 aromatic rings. The number of hydrogen-bond donors (Lipinski definition) is 2. The van der Waals surface area contributed by atoms with E-state index in [4.69, 9.17) is 0 Å². The number of aromatic nitrogens is 4. The van der Waals surface area contributed by atoms with E-state index in [1.807, 2.05) is 12.1 Å². The molecule has 3 aromatic heterocycles. The maximum atomic E-state index is 12.3. The summed E-state index contributed by atoms with van der Waals surface area (Å²) < 4.78 is 24.6. The van der Waals surface area contributed by atoms with Crippen molar-refractivity contribution in [1.82, 2.24) is 19.9 Å². The number of pyridine rings is 1. The van der Waals surface area contributed by atoms with Gasteiger partial charge in [0.15, 0.2) is 0 Å². The first-order valence-electron chi connectivity index (χ1n) is 6.43. The van der Waals surface area contributed by atoms with E-state index < -0.39 is 13.0 Å². The van der Waals surface area contributed by atoms with Crippen LogP contribution in [0, 0.1) is 6.92 Å². The Hall–Kier alpha value is -2.57. The minimum absolute atomic E-state index is 0.387. The Morgan fingerprint density at radius 2 is 2.14 bits per heavy atom. The first-order chi connectivity index (χ1) is 10.1. The third-order valence-electron chi connectivity index (χ3n) is 3.01. The molecule has 2 N–H and O–H groups in total. The number of nitrogens with one attached hydrogen (secondary N) is 2. The number of nitrogens with zero attached hydrogens (tertiary/aromatic N) is 3. The first-order valence-corrected chi connectivity index (χ1v) is 6.43. The summed E-state index contributed by atoms with van der Waals surface area (Å²) in [6.45, 7) is 1.29. The molecule has 0 saturated carbocycles. The molecule has 21 heavy (non-hydrogen) atoms. The normalized spacial score (nSPS) is 11.2. The van der Waals surface area contributed by atoms with E-state index in [1.165, 1.54) is 0 Å². The van der Waals surface area contributed by atoms with Crippen molar-refractivity contribution in [1.29, 1.82) is 0 Å². The maximum Gasteiger partial charge on any atom is 0.255 e. The van der Waals surface area contributed by atoms with Crippen LogP contribution in [0.5, 0.6) is 0 Å². The van der Waals surface area contributed by atoms with Gasteiger partial charge in [0, 0.05) is 29.4 Å². The summed E-state index contributed by atoms with van der Waals surface area (Å²) in [6.07, 6.45) is 1.05. The van der Waals surface area contributed by atoms with E-state index in [0.29, 0.717) is 17.3 Å². The SMILES string of the molecule is Cc1nc(NCC(F)F)cc(-c2ccnc3[nH]ccc23)n1. The van der Waals surface area contributed by atoms with Crippen molar-refractivity contribution in [3.8, 4) is 11.3 Å². The lowest BCUT2D eigenvalue weighted by Gasteiger charge is -2.09. The lowest BCUT2D eigenvalue weighted by atomic mass is 10.1. The van der Waals surface area contributed by atoms with Crippen molar-refractivity contribution >= 4 is 16.9 Å². The number of fused-ring (bicyclic) bond motifs is 1. The molecule has 0 spiro atoms. The molecule has 0 aromatic carbocycles. The van der Waals surface area contributed by atoms with Crippen LogP contribution in [0.1, 0.15) is 5.82 Å². The molecule has 0 atom stereocenters. The van der Waals surface area contributed by atoms with E-state index in [0.717, 1.165) is 16.6 Å². The van der Waals surface area contributed by atoms with Gasteiger partial charge in [0.1, 0.15) is 17.3 Å². The first kappa shape index (κ1) is 13.4. The molecule has 0 bridgehead atoms. The minimum Gasteiger partial charge on any atom is -0.364 e. The zero-order valence-electron chi connectivity index (χ0n) is 11.3. The average Bonchev–Trinajstić information content (AvgIpc) is 2.92. The van der Waals surface area contributed by atoms with E-state index in [1.54, 1.807) is 25.4 Å². The summed E-state index contributed by atoms with van der Waals surface area (Å²) in [4.78, 5) is 15.7. The summed E-state index contributed by atoms with van der Waals surface area (Å²) in [5, 5.41) is 3.54. The monoisotopic (exact) mass is 289 g/mol. The van der Waals surface area contributed by atoms with E-state index in [9.17, 15) is 8.78 Å². The second kappa shape index (κ2) is 5.43. The second-order valence-electron chi connectivity index (χ2n) is 4.56. The molecule has 0 saturated heterocycles. The Kier molecular flexibility index (Phi) is 3.47. The van der Waals surface area contributed by atoms with Crippen LogP contribution >= 0.6 is 0 Å². The predicted octanol–water partition coefficient (Wildman–Crippen LogP) is 3.01. The van der Waals surface area contributed by atoms with Crippen LogP contribution in [0.4, 0.5) is 14.6 Å². The zero-order chi connectivity index (χ0) is 14.8. The fraction of sp³-hybridized carbons (Fsp3) is 0.214. The van der Waals surface area contributed by atoms with Crippen molar-refractivity contribution in [2.75, 3.05) is 11.9 Å². The molecule has 3 heterocycles. The van der Waals surface area contributed by atoms with Crippen LogP contribution in [0.3, 0.4) is 0 Å². The molecular formula is C14H13F2N5. The van der Waals surface area contributed by atoms with Crippen LogP contribution in [-0.2, 0) is 0 Å². The molecular weight excluding hydrogens is 276 g/mol. The molecule has 5 nitrogen and oxygen atoms in total. The summed E-state index contributed by atoms with van der Waals surface area (Å²) in [5.41, 5.74) is 2.31. The van der Waals surface area contributed by atoms with Gasteiger partial charge in [0.05, 0.1) is 12.2 Å². The molecule has 0 fully saturated rings. The van der Waals surface area contributed by atoms with Gasteiger partial charge in [-0.1, -0.05) is 0 Å². The zero-order valence-corrected chi connectivity index (χ0v) is 11.3. The van der Waals surface area contributed by atoms with E-state index in [2.05, 4.69) is 25.3 Å². The van der Waals surface area contributed by atoms with Gasteiger partial charge in [-0.25, -0.2) is 23.7 Å². The van der Waals surface area contributed by atoms with Gasteiger partial charge in [0.25, 0.3) is 6.43 Å². The summed E-state index contributed by atoms with van der Waals surface area (Å²) in [6, 6.07) is 5.41.